The second-order valence-corrected chi connectivity index (χ2v) is 6.06. The number of urea groups is 1. The molecule has 0 unspecified atom stereocenters. The zero-order valence-corrected chi connectivity index (χ0v) is 14.1. The van der Waals surface area contributed by atoms with Gasteiger partial charge >= 0.3 is 12.0 Å². The topological polar surface area (TPSA) is 75.7 Å². The number of nitrogens with zero attached hydrogens (tertiary/aromatic N) is 1. The number of ether oxygens (including phenoxy) is 1. The number of rotatable bonds is 5. The molecule has 7 heteroatoms. The minimum atomic E-state index is -1.25. The molecular formula is C19H17FN2O4. The van der Waals surface area contributed by atoms with Gasteiger partial charge in [-0.25, -0.2) is 9.18 Å². The molecule has 0 aromatic heterocycles. The standard InChI is InChI=1S/C19H17FN2O4/c1-19(14-8-3-2-4-9-14)17(24)22(18(25)21-19)11-16(23)26-12-13-7-5-6-10-15(13)20/h2-10H,11-12H2,1H3,(H,21,25)/t19-/m0/s1. The molecule has 134 valence electrons. The Morgan fingerprint density at radius 2 is 1.77 bits per heavy atom. The van der Waals surface area contributed by atoms with E-state index in [-0.39, 0.29) is 12.2 Å². The predicted octanol–water partition coefficient (Wildman–Crippen LogP) is 2.34. The van der Waals surface area contributed by atoms with E-state index in [0.29, 0.717) is 5.56 Å². The molecule has 2 aromatic rings. The Morgan fingerprint density at radius 3 is 2.46 bits per heavy atom. The van der Waals surface area contributed by atoms with Gasteiger partial charge in [-0.2, -0.15) is 0 Å². The fourth-order valence-corrected chi connectivity index (χ4v) is 2.76. The third kappa shape index (κ3) is 3.28. The third-order valence-electron chi connectivity index (χ3n) is 4.26. The molecule has 3 rings (SSSR count). The smallest absolute Gasteiger partial charge is 0.326 e. The number of benzene rings is 2. The van der Waals surface area contributed by atoms with Crippen LogP contribution < -0.4 is 5.32 Å². The van der Waals surface area contributed by atoms with Crippen LogP contribution in [0, 0.1) is 5.82 Å². The highest BCUT2D eigenvalue weighted by Gasteiger charge is 2.49. The van der Waals surface area contributed by atoms with Crippen LogP contribution in [-0.4, -0.2) is 29.4 Å². The van der Waals surface area contributed by atoms with E-state index < -0.39 is 35.8 Å². The minimum Gasteiger partial charge on any atom is -0.459 e. The number of amides is 3. The monoisotopic (exact) mass is 356 g/mol. The highest BCUT2D eigenvalue weighted by atomic mass is 19.1. The van der Waals surface area contributed by atoms with Gasteiger partial charge in [-0.15, -0.1) is 0 Å². The maximum atomic E-state index is 13.5. The van der Waals surface area contributed by atoms with E-state index in [2.05, 4.69) is 5.32 Å². The molecule has 0 bridgehead atoms. The lowest BCUT2D eigenvalue weighted by Crippen LogP contribution is -2.41. The summed E-state index contributed by atoms with van der Waals surface area (Å²) < 4.78 is 18.5. The molecule has 0 spiro atoms. The number of halogens is 1. The molecule has 26 heavy (non-hydrogen) atoms. The Morgan fingerprint density at radius 1 is 1.12 bits per heavy atom. The van der Waals surface area contributed by atoms with Gasteiger partial charge in [0.1, 0.15) is 24.5 Å². The van der Waals surface area contributed by atoms with Gasteiger partial charge in [-0.05, 0) is 18.6 Å². The van der Waals surface area contributed by atoms with Crippen LogP contribution in [0.4, 0.5) is 9.18 Å². The largest absolute Gasteiger partial charge is 0.459 e. The van der Waals surface area contributed by atoms with Crippen LogP contribution in [0.1, 0.15) is 18.1 Å². The van der Waals surface area contributed by atoms with Crippen LogP contribution in [0.2, 0.25) is 0 Å². The second-order valence-electron chi connectivity index (χ2n) is 6.06. The summed E-state index contributed by atoms with van der Waals surface area (Å²) in [6.07, 6.45) is 0. The molecule has 0 aliphatic carbocycles. The van der Waals surface area contributed by atoms with E-state index in [0.717, 1.165) is 4.90 Å². The first-order chi connectivity index (χ1) is 12.4. The Kier molecular flexibility index (Phi) is 4.71. The van der Waals surface area contributed by atoms with Crippen molar-refractivity contribution in [1.29, 1.82) is 0 Å². The van der Waals surface area contributed by atoms with Crippen LogP contribution in [-0.2, 0) is 26.5 Å². The molecule has 0 radical (unpaired) electrons. The number of esters is 1. The van der Waals surface area contributed by atoms with E-state index in [4.69, 9.17) is 4.74 Å². The first-order valence-electron chi connectivity index (χ1n) is 8.00. The van der Waals surface area contributed by atoms with Crippen molar-refractivity contribution in [1.82, 2.24) is 10.2 Å². The lowest BCUT2D eigenvalue weighted by Gasteiger charge is -2.21. The van der Waals surface area contributed by atoms with Crippen molar-refractivity contribution in [2.24, 2.45) is 0 Å². The summed E-state index contributed by atoms with van der Waals surface area (Å²) in [5.41, 5.74) is -0.419. The Hall–Kier alpha value is -3.22. The molecule has 1 aliphatic rings. The number of carbonyl (C=O) groups excluding carboxylic acids is 3. The molecule has 1 heterocycles. The van der Waals surface area contributed by atoms with Crippen LogP contribution >= 0.6 is 0 Å². The maximum absolute atomic E-state index is 13.5. The van der Waals surface area contributed by atoms with Crippen molar-refractivity contribution in [2.45, 2.75) is 19.1 Å². The summed E-state index contributed by atoms with van der Waals surface area (Å²) in [4.78, 5) is 37.6. The Balaban J connectivity index is 1.66. The van der Waals surface area contributed by atoms with Gasteiger partial charge in [0, 0.05) is 5.56 Å². The Bertz CT molecular complexity index is 856. The number of hydrogen-bond donors (Lipinski definition) is 1. The van der Waals surface area contributed by atoms with Gasteiger partial charge in [0.05, 0.1) is 0 Å². The fraction of sp³-hybridized carbons (Fsp3) is 0.211. The second kappa shape index (κ2) is 6.95. The van der Waals surface area contributed by atoms with E-state index in [9.17, 15) is 18.8 Å². The van der Waals surface area contributed by atoms with Crippen LogP contribution in [0.5, 0.6) is 0 Å². The van der Waals surface area contributed by atoms with Crippen molar-refractivity contribution in [2.75, 3.05) is 6.54 Å². The normalized spacial score (nSPS) is 19.4. The van der Waals surface area contributed by atoms with Gasteiger partial charge in [0.25, 0.3) is 5.91 Å². The highest BCUT2D eigenvalue weighted by Crippen LogP contribution is 2.28. The lowest BCUT2D eigenvalue weighted by atomic mass is 9.92. The van der Waals surface area contributed by atoms with Gasteiger partial charge in [-0.3, -0.25) is 14.5 Å². The van der Waals surface area contributed by atoms with Crippen molar-refractivity contribution in [3.05, 3.63) is 71.5 Å². The third-order valence-corrected chi connectivity index (χ3v) is 4.26. The summed E-state index contributed by atoms with van der Waals surface area (Å²) in [7, 11) is 0. The molecular weight excluding hydrogens is 339 g/mol. The number of carbonyl (C=O) groups is 3. The number of imide groups is 1. The molecule has 0 saturated carbocycles. The quantitative estimate of drug-likeness (QED) is 0.659. The molecule has 1 saturated heterocycles. The molecule has 1 aliphatic heterocycles. The van der Waals surface area contributed by atoms with E-state index >= 15 is 0 Å². The number of nitrogens with one attached hydrogen (secondary N) is 1. The predicted molar refractivity (Wildman–Crippen MR) is 90.2 cm³/mol. The SMILES string of the molecule is C[C@@]1(c2ccccc2)NC(=O)N(CC(=O)OCc2ccccc2F)C1=O. The fourth-order valence-electron chi connectivity index (χ4n) is 2.76. The van der Waals surface area contributed by atoms with Gasteiger partial charge in [0.2, 0.25) is 0 Å². The van der Waals surface area contributed by atoms with Crippen molar-refractivity contribution >= 4 is 17.9 Å². The van der Waals surface area contributed by atoms with E-state index in [1.54, 1.807) is 43.3 Å². The first-order valence-corrected chi connectivity index (χ1v) is 8.00. The van der Waals surface area contributed by atoms with E-state index in [1.165, 1.54) is 18.2 Å². The van der Waals surface area contributed by atoms with Crippen LogP contribution in [0.25, 0.3) is 0 Å². The van der Waals surface area contributed by atoms with E-state index in [1.807, 2.05) is 0 Å². The summed E-state index contributed by atoms with van der Waals surface area (Å²) in [6, 6.07) is 14.0. The molecule has 1 atom stereocenters. The molecule has 3 amide bonds. The average molecular weight is 356 g/mol. The van der Waals surface area contributed by atoms with Crippen LogP contribution in [0.3, 0.4) is 0 Å². The Labute approximate surface area is 149 Å². The maximum Gasteiger partial charge on any atom is 0.326 e. The summed E-state index contributed by atoms with van der Waals surface area (Å²) >= 11 is 0. The summed E-state index contributed by atoms with van der Waals surface area (Å²) in [5.74, 6) is -1.84. The molecule has 1 fully saturated rings. The van der Waals surface area contributed by atoms with Crippen molar-refractivity contribution < 1.29 is 23.5 Å². The summed E-state index contributed by atoms with van der Waals surface area (Å²) in [6.45, 7) is 0.764. The first kappa shape index (κ1) is 17.6. The van der Waals surface area contributed by atoms with Crippen molar-refractivity contribution in [3.63, 3.8) is 0 Å². The zero-order valence-electron chi connectivity index (χ0n) is 14.1. The lowest BCUT2D eigenvalue weighted by molar-refractivity contribution is -0.148. The van der Waals surface area contributed by atoms with Gasteiger partial charge < -0.3 is 10.1 Å². The summed E-state index contributed by atoms with van der Waals surface area (Å²) in [5, 5.41) is 2.60. The minimum absolute atomic E-state index is 0.215. The van der Waals surface area contributed by atoms with Crippen molar-refractivity contribution in [3.8, 4) is 0 Å². The van der Waals surface area contributed by atoms with Gasteiger partial charge in [0.15, 0.2) is 0 Å². The molecule has 2 aromatic carbocycles. The highest BCUT2D eigenvalue weighted by molar-refractivity contribution is 6.08. The zero-order chi connectivity index (χ0) is 18.7. The molecule has 1 N–H and O–H groups in total. The average Bonchev–Trinajstić information content (AvgIpc) is 2.86. The van der Waals surface area contributed by atoms with Crippen LogP contribution in [0.15, 0.2) is 54.6 Å². The number of hydrogen-bond acceptors (Lipinski definition) is 4. The van der Waals surface area contributed by atoms with Gasteiger partial charge in [-0.1, -0.05) is 48.5 Å². The molecule has 6 nitrogen and oxygen atoms in total.